The third-order valence-electron chi connectivity index (χ3n) is 4.18. The van der Waals surface area contributed by atoms with Gasteiger partial charge < -0.3 is 19.5 Å². The summed E-state index contributed by atoms with van der Waals surface area (Å²) in [7, 11) is 0. The van der Waals surface area contributed by atoms with Gasteiger partial charge in [0.15, 0.2) is 0 Å². The van der Waals surface area contributed by atoms with E-state index < -0.39 is 0 Å². The largest absolute Gasteiger partial charge is 0.486 e. The zero-order chi connectivity index (χ0) is 18.7. The highest BCUT2D eigenvalue weighted by molar-refractivity contribution is 7.13. The van der Waals surface area contributed by atoms with E-state index in [2.05, 4.69) is 4.98 Å². The summed E-state index contributed by atoms with van der Waals surface area (Å²) in [6, 6.07) is 7.06. The van der Waals surface area contributed by atoms with Crippen molar-refractivity contribution in [2.24, 2.45) is 0 Å². The molecule has 3 rings (SSSR count). The van der Waals surface area contributed by atoms with Crippen molar-refractivity contribution in [2.75, 3.05) is 19.8 Å². The third kappa shape index (κ3) is 4.35. The second kappa shape index (κ2) is 8.35. The monoisotopic (exact) mass is 396 g/mol. The first kappa shape index (κ1) is 19.1. The Morgan fingerprint density at radius 1 is 1.46 bits per heavy atom. The Balaban J connectivity index is 1.68. The lowest BCUT2D eigenvalue weighted by atomic mass is 10.2. The van der Waals surface area contributed by atoms with E-state index in [1.807, 2.05) is 13.8 Å². The predicted octanol–water partition coefficient (Wildman–Crippen LogP) is 2.91. The maximum absolute atomic E-state index is 12.9. The van der Waals surface area contributed by atoms with E-state index in [9.17, 15) is 9.90 Å². The molecule has 0 spiro atoms. The number of carbonyl (C=O) groups is 1. The number of ether oxygens (including phenoxy) is 2. The summed E-state index contributed by atoms with van der Waals surface area (Å²) < 4.78 is 11.2. The number of aryl methyl sites for hydroxylation is 1. The molecule has 1 amide bonds. The zero-order valence-corrected chi connectivity index (χ0v) is 16.2. The van der Waals surface area contributed by atoms with Gasteiger partial charge in [-0.3, -0.25) is 4.79 Å². The molecule has 26 heavy (non-hydrogen) atoms. The van der Waals surface area contributed by atoms with E-state index in [1.54, 1.807) is 29.2 Å². The summed E-state index contributed by atoms with van der Waals surface area (Å²) in [5.74, 6) is 0.620. The number of hydrogen-bond acceptors (Lipinski definition) is 6. The number of rotatable bonds is 5. The number of amides is 1. The molecule has 0 saturated carbocycles. The molecule has 6 nitrogen and oxygen atoms in total. The Bertz CT molecular complexity index is 765. The summed E-state index contributed by atoms with van der Waals surface area (Å²) >= 11 is 7.20. The Morgan fingerprint density at radius 3 is 2.88 bits per heavy atom. The van der Waals surface area contributed by atoms with Crippen LogP contribution in [-0.4, -0.2) is 52.8 Å². The second-order valence-electron chi connectivity index (χ2n) is 6.21. The molecule has 1 aliphatic heterocycles. The fourth-order valence-electron chi connectivity index (χ4n) is 2.73. The number of nitrogens with zero attached hydrogens (tertiary/aromatic N) is 2. The van der Waals surface area contributed by atoms with Gasteiger partial charge in [-0.15, -0.1) is 11.3 Å². The standard InChI is InChI=1S/C18H21ClN2O4S/c1-11-9-24-15(8-22)7-21(11)18(23)17-12(2)20-16(26-17)10-25-14-5-3-13(19)4-6-14/h3-6,11,15,22H,7-10H2,1-2H3. The van der Waals surface area contributed by atoms with Gasteiger partial charge in [-0.2, -0.15) is 0 Å². The molecular formula is C18H21ClN2O4S. The van der Waals surface area contributed by atoms with E-state index >= 15 is 0 Å². The minimum absolute atomic E-state index is 0.0411. The van der Waals surface area contributed by atoms with Crippen LogP contribution in [-0.2, 0) is 11.3 Å². The summed E-state index contributed by atoms with van der Waals surface area (Å²) in [5, 5.41) is 10.7. The van der Waals surface area contributed by atoms with Crippen LogP contribution in [0.1, 0.15) is 27.3 Å². The Hall–Kier alpha value is -1.67. The molecule has 1 aliphatic rings. The van der Waals surface area contributed by atoms with Gasteiger partial charge in [-0.25, -0.2) is 4.98 Å². The first-order valence-corrected chi connectivity index (χ1v) is 9.55. The third-order valence-corrected chi connectivity index (χ3v) is 5.55. The van der Waals surface area contributed by atoms with E-state index in [0.717, 1.165) is 5.01 Å². The van der Waals surface area contributed by atoms with Crippen LogP contribution in [0.3, 0.4) is 0 Å². The van der Waals surface area contributed by atoms with Crippen LogP contribution in [0.15, 0.2) is 24.3 Å². The lowest BCUT2D eigenvalue weighted by Gasteiger charge is -2.37. The molecule has 1 N–H and O–H groups in total. The first-order valence-electron chi connectivity index (χ1n) is 8.36. The fraction of sp³-hybridized carbons (Fsp3) is 0.444. The number of thiazole rings is 1. The van der Waals surface area contributed by atoms with Crippen LogP contribution in [0.5, 0.6) is 5.75 Å². The summed E-state index contributed by atoms with van der Waals surface area (Å²) in [5.41, 5.74) is 0.689. The molecule has 140 valence electrons. The van der Waals surface area contributed by atoms with Gasteiger partial charge in [0, 0.05) is 11.6 Å². The smallest absolute Gasteiger partial charge is 0.266 e. The van der Waals surface area contributed by atoms with Gasteiger partial charge in [0.25, 0.3) is 5.91 Å². The van der Waals surface area contributed by atoms with Crippen LogP contribution in [0.4, 0.5) is 0 Å². The molecule has 2 unspecified atom stereocenters. The summed E-state index contributed by atoms with van der Waals surface area (Å²) in [4.78, 5) is 19.7. The molecule has 1 fully saturated rings. The Kier molecular flexibility index (Phi) is 6.13. The van der Waals surface area contributed by atoms with E-state index in [4.69, 9.17) is 21.1 Å². The van der Waals surface area contributed by atoms with Crippen molar-refractivity contribution >= 4 is 28.8 Å². The number of halogens is 1. The molecule has 0 bridgehead atoms. The molecule has 1 aromatic heterocycles. The molecule has 2 aromatic rings. The van der Waals surface area contributed by atoms with Gasteiger partial charge >= 0.3 is 0 Å². The average Bonchev–Trinajstić information content (AvgIpc) is 3.02. The van der Waals surface area contributed by atoms with Gasteiger partial charge in [-0.1, -0.05) is 11.6 Å². The highest BCUT2D eigenvalue weighted by Crippen LogP contribution is 2.24. The number of benzene rings is 1. The number of morpholine rings is 1. The molecule has 1 saturated heterocycles. The zero-order valence-electron chi connectivity index (χ0n) is 14.6. The van der Waals surface area contributed by atoms with Crippen LogP contribution < -0.4 is 4.74 Å². The van der Waals surface area contributed by atoms with Crippen molar-refractivity contribution < 1.29 is 19.4 Å². The normalized spacial score (nSPS) is 20.2. The van der Waals surface area contributed by atoms with E-state index in [0.29, 0.717) is 41.1 Å². The van der Waals surface area contributed by atoms with Crippen molar-refractivity contribution in [3.63, 3.8) is 0 Å². The van der Waals surface area contributed by atoms with Crippen LogP contribution in [0, 0.1) is 6.92 Å². The van der Waals surface area contributed by atoms with E-state index in [-0.39, 0.29) is 24.7 Å². The molecule has 8 heteroatoms. The van der Waals surface area contributed by atoms with Crippen molar-refractivity contribution in [3.05, 3.63) is 44.9 Å². The number of carbonyl (C=O) groups excluding carboxylic acids is 1. The minimum atomic E-state index is -0.337. The Morgan fingerprint density at radius 2 is 2.19 bits per heavy atom. The number of aliphatic hydroxyl groups excluding tert-OH is 1. The lowest BCUT2D eigenvalue weighted by molar-refractivity contribution is -0.0666. The lowest BCUT2D eigenvalue weighted by Crippen LogP contribution is -2.52. The van der Waals surface area contributed by atoms with Crippen molar-refractivity contribution in [2.45, 2.75) is 32.6 Å². The highest BCUT2D eigenvalue weighted by Gasteiger charge is 2.31. The van der Waals surface area contributed by atoms with Crippen LogP contribution in [0.25, 0.3) is 0 Å². The molecule has 2 atom stereocenters. The number of aromatic nitrogens is 1. The maximum atomic E-state index is 12.9. The fourth-order valence-corrected chi connectivity index (χ4v) is 3.79. The molecular weight excluding hydrogens is 376 g/mol. The molecule has 0 radical (unpaired) electrons. The van der Waals surface area contributed by atoms with Crippen molar-refractivity contribution in [3.8, 4) is 5.75 Å². The highest BCUT2D eigenvalue weighted by atomic mass is 35.5. The first-order chi connectivity index (χ1) is 12.5. The van der Waals surface area contributed by atoms with E-state index in [1.165, 1.54) is 11.3 Å². The second-order valence-corrected chi connectivity index (χ2v) is 7.73. The van der Waals surface area contributed by atoms with Crippen molar-refractivity contribution in [1.29, 1.82) is 0 Å². The quantitative estimate of drug-likeness (QED) is 0.841. The van der Waals surface area contributed by atoms with Crippen molar-refractivity contribution in [1.82, 2.24) is 9.88 Å². The van der Waals surface area contributed by atoms with Crippen LogP contribution >= 0.6 is 22.9 Å². The van der Waals surface area contributed by atoms with Crippen LogP contribution in [0.2, 0.25) is 5.02 Å². The summed E-state index contributed by atoms with van der Waals surface area (Å²) in [6.07, 6.45) is -0.337. The number of hydrogen-bond donors (Lipinski definition) is 1. The van der Waals surface area contributed by atoms with Gasteiger partial charge in [-0.05, 0) is 38.1 Å². The van der Waals surface area contributed by atoms with Gasteiger partial charge in [0.2, 0.25) is 0 Å². The minimum Gasteiger partial charge on any atom is -0.486 e. The average molecular weight is 397 g/mol. The molecule has 2 heterocycles. The van der Waals surface area contributed by atoms with Gasteiger partial charge in [0.05, 0.1) is 31.1 Å². The Labute approximate surface area is 161 Å². The molecule has 0 aliphatic carbocycles. The summed E-state index contributed by atoms with van der Waals surface area (Å²) in [6.45, 7) is 4.75. The predicted molar refractivity (Wildman–Crippen MR) is 100.0 cm³/mol. The maximum Gasteiger partial charge on any atom is 0.266 e. The molecule has 1 aromatic carbocycles. The number of aliphatic hydroxyl groups is 1. The topological polar surface area (TPSA) is 71.9 Å². The SMILES string of the molecule is Cc1nc(COc2ccc(Cl)cc2)sc1C(=O)N1CC(CO)OCC1C. The van der Waals surface area contributed by atoms with Gasteiger partial charge in [0.1, 0.15) is 22.2 Å².